The molecule has 3 rings (SSSR count). The Morgan fingerprint density at radius 1 is 1.24 bits per heavy atom. The average molecular weight is 244 g/mol. The van der Waals surface area contributed by atoms with Gasteiger partial charge in [0.1, 0.15) is 0 Å². The summed E-state index contributed by atoms with van der Waals surface area (Å²) >= 11 is 0. The van der Waals surface area contributed by atoms with Gasteiger partial charge in [-0.25, -0.2) is 9.31 Å². The smallest absolute Gasteiger partial charge is 0.264 e. The third kappa shape index (κ3) is 1.64. The van der Waals surface area contributed by atoms with Crippen molar-refractivity contribution in [2.45, 2.75) is 4.90 Å². The third-order valence-corrected chi connectivity index (χ3v) is 3.74. The summed E-state index contributed by atoms with van der Waals surface area (Å²) in [5, 5.41) is 8.01. The molecule has 0 spiro atoms. The molecule has 1 N–H and O–H groups in total. The molecular weight excluding hydrogens is 236 g/mol. The lowest BCUT2D eigenvalue weighted by Gasteiger charge is -2.05. The molecule has 5 heteroatoms. The van der Waals surface area contributed by atoms with Gasteiger partial charge >= 0.3 is 0 Å². The summed E-state index contributed by atoms with van der Waals surface area (Å²) in [5.41, 5.74) is 1.87. The number of fused-ring (bicyclic) bond motifs is 3. The Morgan fingerprint density at radius 3 is 2.94 bits per heavy atom. The van der Waals surface area contributed by atoms with Gasteiger partial charge in [-0.15, -0.1) is 0 Å². The van der Waals surface area contributed by atoms with Crippen molar-refractivity contribution >= 4 is 16.9 Å². The van der Waals surface area contributed by atoms with Crippen LogP contribution in [0.15, 0.2) is 45.4 Å². The normalized spacial score (nSPS) is 17.1. The third-order valence-electron chi connectivity index (χ3n) is 2.57. The van der Waals surface area contributed by atoms with Crippen LogP contribution in [0.25, 0.3) is 17.3 Å². The van der Waals surface area contributed by atoms with Crippen LogP contribution in [0.1, 0.15) is 5.56 Å². The van der Waals surface area contributed by atoms with Crippen LogP contribution < -0.4 is 5.56 Å². The molecule has 4 nitrogen and oxygen atoms in total. The van der Waals surface area contributed by atoms with Gasteiger partial charge in [-0.1, -0.05) is 18.2 Å². The lowest BCUT2D eigenvalue weighted by molar-refractivity contribution is 0.688. The molecule has 0 radical (unpaired) electrons. The molecule has 1 unspecified atom stereocenters. The summed E-state index contributed by atoms with van der Waals surface area (Å²) in [6, 6.07) is 8.80. The molecule has 0 fully saturated rings. The summed E-state index contributed by atoms with van der Waals surface area (Å²) in [6.07, 6.45) is 1.67. The maximum absolute atomic E-state index is 12.0. The molecule has 0 amide bonds. The van der Waals surface area contributed by atoms with Gasteiger partial charge in [-0.05, 0) is 12.1 Å². The number of benzene rings is 1. The van der Waals surface area contributed by atoms with E-state index in [0.29, 0.717) is 16.2 Å². The summed E-state index contributed by atoms with van der Waals surface area (Å²) in [7, 11) is -1.20. The van der Waals surface area contributed by atoms with Gasteiger partial charge in [0.05, 0.1) is 21.4 Å². The molecule has 2 heterocycles. The highest BCUT2D eigenvalue weighted by Crippen LogP contribution is 2.30. The second-order valence-electron chi connectivity index (χ2n) is 3.63. The second-order valence-corrected chi connectivity index (χ2v) is 4.94. The lowest BCUT2D eigenvalue weighted by atomic mass is 10.1. The van der Waals surface area contributed by atoms with Gasteiger partial charge < -0.3 is 0 Å². The van der Waals surface area contributed by atoms with Crippen LogP contribution in [0.2, 0.25) is 0 Å². The van der Waals surface area contributed by atoms with Crippen LogP contribution in [-0.4, -0.2) is 14.4 Å². The monoisotopic (exact) mass is 244 g/mol. The highest BCUT2D eigenvalue weighted by Gasteiger charge is 2.16. The first-order valence-electron chi connectivity index (χ1n) is 5.03. The van der Waals surface area contributed by atoms with E-state index in [1.165, 1.54) is 6.07 Å². The summed E-state index contributed by atoms with van der Waals surface area (Å²) in [6.45, 7) is 0. The van der Waals surface area contributed by atoms with Crippen LogP contribution in [-0.2, 0) is 10.8 Å². The summed E-state index contributed by atoms with van der Waals surface area (Å²) in [5.74, 6) is 0. The average Bonchev–Trinajstić information content (AvgIpc) is 2.48. The number of nitrogens with one attached hydrogen (secondary N) is 1. The van der Waals surface area contributed by atoms with Gasteiger partial charge in [-0.2, -0.15) is 5.10 Å². The minimum absolute atomic E-state index is 0.265. The molecule has 0 saturated heterocycles. The Labute approximate surface area is 99.5 Å². The quantitative estimate of drug-likeness (QED) is 0.764. The maximum atomic E-state index is 12.0. The van der Waals surface area contributed by atoms with E-state index >= 15 is 0 Å². The Bertz CT molecular complexity index is 704. The molecule has 0 saturated carbocycles. The predicted octanol–water partition coefficient (Wildman–Crippen LogP) is 1.53. The van der Waals surface area contributed by atoms with E-state index in [0.717, 1.165) is 5.56 Å². The van der Waals surface area contributed by atoms with E-state index < -0.39 is 10.8 Å². The summed E-state index contributed by atoms with van der Waals surface area (Å²) in [4.78, 5) is 11.9. The molecule has 0 aliphatic carbocycles. The molecule has 1 atom stereocenters. The van der Waals surface area contributed by atoms with Crippen LogP contribution in [0, 0.1) is 0 Å². The molecule has 1 aromatic carbocycles. The van der Waals surface area contributed by atoms with E-state index in [4.69, 9.17) is 0 Å². The van der Waals surface area contributed by atoms with E-state index in [-0.39, 0.29) is 5.56 Å². The van der Waals surface area contributed by atoms with Crippen molar-refractivity contribution in [2.75, 3.05) is 0 Å². The zero-order valence-corrected chi connectivity index (χ0v) is 9.53. The standard InChI is InChI=1S/C12H8N2O2S/c15-11-7-8-5-6-17(16)10-4-2-1-3-9(10)12(8)14-13-11/h1-7H,(H,13,15). The largest absolute Gasteiger partial charge is 0.268 e. The molecule has 1 aromatic heterocycles. The highest BCUT2D eigenvalue weighted by molar-refractivity contribution is 7.88. The Balaban J connectivity index is 2.41. The van der Waals surface area contributed by atoms with Crippen molar-refractivity contribution in [1.82, 2.24) is 10.2 Å². The fourth-order valence-electron chi connectivity index (χ4n) is 1.81. The molecule has 2 aromatic rings. The zero-order valence-electron chi connectivity index (χ0n) is 8.71. The first kappa shape index (κ1) is 10.2. The number of aromatic nitrogens is 2. The van der Waals surface area contributed by atoms with Gasteiger partial charge in [0.2, 0.25) is 0 Å². The minimum atomic E-state index is -1.20. The second kappa shape index (κ2) is 3.78. The van der Waals surface area contributed by atoms with Crippen molar-refractivity contribution in [3.63, 3.8) is 0 Å². The van der Waals surface area contributed by atoms with Crippen LogP contribution in [0.5, 0.6) is 0 Å². The molecule has 1 aliphatic rings. The Morgan fingerprint density at radius 2 is 2.06 bits per heavy atom. The van der Waals surface area contributed by atoms with E-state index in [9.17, 15) is 9.00 Å². The molecule has 17 heavy (non-hydrogen) atoms. The fraction of sp³-hybridized carbons (Fsp3) is 0. The Kier molecular flexibility index (Phi) is 2.26. The van der Waals surface area contributed by atoms with Gasteiger partial charge in [0.25, 0.3) is 5.56 Å². The highest BCUT2D eigenvalue weighted by atomic mass is 32.2. The summed E-state index contributed by atoms with van der Waals surface area (Å²) < 4.78 is 12.0. The zero-order chi connectivity index (χ0) is 11.8. The van der Waals surface area contributed by atoms with E-state index in [1.807, 2.05) is 18.2 Å². The lowest BCUT2D eigenvalue weighted by Crippen LogP contribution is -2.08. The predicted molar refractivity (Wildman–Crippen MR) is 65.7 cm³/mol. The van der Waals surface area contributed by atoms with Crippen molar-refractivity contribution in [3.8, 4) is 11.3 Å². The van der Waals surface area contributed by atoms with Crippen LogP contribution in [0.4, 0.5) is 0 Å². The first-order chi connectivity index (χ1) is 8.25. The van der Waals surface area contributed by atoms with Crippen molar-refractivity contribution in [3.05, 3.63) is 51.7 Å². The number of H-pyrrole nitrogens is 1. The van der Waals surface area contributed by atoms with Gasteiger partial charge in [0.15, 0.2) is 0 Å². The SMILES string of the molecule is O=c1cc2c(n[nH]1)-c1ccccc1S(=O)C=C2. The number of aromatic amines is 1. The van der Waals surface area contributed by atoms with Crippen LogP contribution >= 0.6 is 0 Å². The van der Waals surface area contributed by atoms with Crippen molar-refractivity contribution in [2.24, 2.45) is 0 Å². The first-order valence-corrected chi connectivity index (χ1v) is 6.25. The van der Waals surface area contributed by atoms with Crippen LogP contribution in [0.3, 0.4) is 0 Å². The van der Waals surface area contributed by atoms with E-state index in [1.54, 1.807) is 17.6 Å². The van der Waals surface area contributed by atoms with Gasteiger partial charge in [-0.3, -0.25) is 4.79 Å². The molecule has 0 bridgehead atoms. The molecule has 84 valence electrons. The number of hydrogen-bond acceptors (Lipinski definition) is 3. The van der Waals surface area contributed by atoms with E-state index in [2.05, 4.69) is 10.2 Å². The topological polar surface area (TPSA) is 62.8 Å². The number of rotatable bonds is 0. The van der Waals surface area contributed by atoms with Crippen molar-refractivity contribution in [1.29, 1.82) is 0 Å². The molecule has 1 aliphatic heterocycles. The molecular formula is C12H8N2O2S. The van der Waals surface area contributed by atoms with Gasteiger partial charge in [0, 0.05) is 22.6 Å². The fourth-order valence-corrected chi connectivity index (χ4v) is 2.82. The maximum Gasteiger partial charge on any atom is 0.264 e. The number of hydrogen-bond donors (Lipinski definition) is 1. The number of nitrogens with zero attached hydrogens (tertiary/aromatic N) is 1. The minimum Gasteiger partial charge on any atom is -0.268 e. The Hall–Kier alpha value is -2.01. The van der Waals surface area contributed by atoms with Crippen molar-refractivity contribution < 1.29 is 4.21 Å².